The third-order valence-corrected chi connectivity index (χ3v) is 3.83. The minimum absolute atomic E-state index is 0.105. The van der Waals surface area contributed by atoms with Gasteiger partial charge >= 0.3 is 0 Å². The van der Waals surface area contributed by atoms with E-state index < -0.39 is 5.60 Å². The molecule has 0 aliphatic carbocycles. The van der Waals surface area contributed by atoms with Crippen LogP contribution in [0.2, 0.25) is 0 Å². The van der Waals surface area contributed by atoms with E-state index in [1.165, 1.54) is 0 Å². The Bertz CT molecular complexity index is 699. The second kappa shape index (κ2) is 6.54. The Balaban J connectivity index is 2.35. The molecule has 0 fully saturated rings. The first-order chi connectivity index (χ1) is 10.7. The van der Waals surface area contributed by atoms with E-state index in [9.17, 15) is 9.90 Å². The molecule has 0 bridgehead atoms. The molecular formula is C18H25N3O2. The number of carbonyl (C=O) groups is 1. The van der Waals surface area contributed by atoms with Crippen molar-refractivity contribution in [2.24, 2.45) is 0 Å². The first kappa shape index (κ1) is 17.2. The zero-order valence-electron chi connectivity index (χ0n) is 14.5. The van der Waals surface area contributed by atoms with E-state index in [2.05, 4.69) is 5.10 Å². The Morgan fingerprint density at radius 3 is 2.52 bits per heavy atom. The molecule has 0 atom stereocenters. The van der Waals surface area contributed by atoms with Crippen LogP contribution < -0.4 is 0 Å². The van der Waals surface area contributed by atoms with Crippen LogP contribution in [0, 0.1) is 13.8 Å². The number of aryl methyl sites for hydroxylation is 1. The normalized spacial score (nSPS) is 11.6. The molecule has 1 amide bonds. The number of hydrogen-bond acceptors (Lipinski definition) is 3. The Labute approximate surface area is 137 Å². The monoisotopic (exact) mass is 315 g/mol. The topological polar surface area (TPSA) is 58.4 Å². The average Bonchev–Trinajstić information content (AvgIpc) is 2.85. The summed E-state index contributed by atoms with van der Waals surface area (Å²) in [7, 11) is 0. The fraction of sp³-hybridized carbons (Fsp3) is 0.444. The summed E-state index contributed by atoms with van der Waals surface area (Å²) in [5.74, 6) is -0.105. The quantitative estimate of drug-likeness (QED) is 0.923. The summed E-state index contributed by atoms with van der Waals surface area (Å²) in [5, 5.41) is 14.4. The van der Waals surface area contributed by atoms with E-state index in [4.69, 9.17) is 0 Å². The highest BCUT2D eigenvalue weighted by molar-refractivity contribution is 5.95. The lowest BCUT2D eigenvalue weighted by atomic mass is 10.1. The Morgan fingerprint density at radius 2 is 1.96 bits per heavy atom. The Kier molecular flexibility index (Phi) is 4.90. The van der Waals surface area contributed by atoms with Gasteiger partial charge < -0.3 is 10.0 Å². The highest BCUT2D eigenvalue weighted by Crippen LogP contribution is 2.19. The summed E-state index contributed by atoms with van der Waals surface area (Å²) < 4.78 is 1.79. The minimum atomic E-state index is -0.925. The first-order valence-electron chi connectivity index (χ1n) is 7.87. The van der Waals surface area contributed by atoms with Gasteiger partial charge in [0.2, 0.25) is 0 Å². The van der Waals surface area contributed by atoms with Crippen molar-refractivity contribution in [3.63, 3.8) is 0 Å². The van der Waals surface area contributed by atoms with E-state index in [1.807, 2.05) is 45.0 Å². The van der Waals surface area contributed by atoms with Gasteiger partial charge in [-0.2, -0.15) is 5.10 Å². The van der Waals surface area contributed by atoms with Crippen molar-refractivity contribution < 1.29 is 9.90 Å². The molecular weight excluding hydrogens is 290 g/mol. The van der Waals surface area contributed by atoms with Crippen LogP contribution in [0.5, 0.6) is 0 Å². The number of carbonyl (C=O) groups excluding carboxylic acids is 1. The molecule has 1 aromatic heterocycles. The Morgan fingerprint density at radius 1 is 1.30 bits per heavy atom. The summed E-state index contributed by atoms with van der Waals surface area (Å²) >= 11 is 0. The molecule has 0 saturated carbocycles. The molecule has 0 saturated heterocycles. The molecule has 1 N–H and O–H groups in total. The number of hydrogen-bond donors (Lipinski definition) is 1. The molecule has 5 nitrogen and oxygen atoms in total. The fourth-order valence-electron chi connectivity index (χ4n) is 2.63. The van der Waals surface area contributed by atoms with Crippen molar-refractivity contribution in [1.29, 1.82) is 0 Å². The SMILES string of the molecule is CCN(CC(C)(C)O)C(=O)c1cnn(-c2ccccc2C)c1C. The average molecular weight is 315 g/mol. The van der Waals surface area contributed by atoms with Crippen LogP contribution in [-0.4, -0.2) is 44.4 Å². The minimum Gasteiger partial charge on any atom is -0.389 e. The van der Waals surface area contributed by atoms with E-state index in [-0.39, 0.29) is 12.5 Å². The van der Waals surface area contributed by atoms with Gasteiger partial charge in [0, 0.05) is 13.1 Å². The second-order valence-corrected chi connectivity index (χ2v) is 6.47. The number of likely N-dealkylation sites (N-methyl/N-ethyl adjacent to an activating group) is 1. The largest absolute Gasteiger partial charge is 0.389 e. The van der Waals surface area contributed by atoms with Crippen molar-refractivity contribution in [2.45, 2.75) is 40.2 Å². The van der Waals surface area contributed by atoms with Gasteiger partial charge in [-0.05, 0) is 46.2 Å². The zero-order valence-corrected chi connectivity index (χ0v) is 14.5. The first-order valence-corrected chi connectivity index (χ1v) is 7.87. The molecule has 124 valence electrons. The molecule has 2 rings (SSSR count). The predicted octanol–water partition coefficient (Wildman–Crippen LogP) is 2.72. The van der Waals surface area contributed by atoms with Gasteiger partial charge in [0.1, 0.15) is 0 Å². The van der Waals surface area contributed by atoms with E-state index >= 15 is 0 Å². The number of aliphatic hydroxyl groups is 1. The van der Waals surface area contributed by atoms with Crippen LogP contribution in [0.1, 0.15) is 42.4 Å². The lowest BCUT2D eigenvalue weighted by molar-refractivity contribution is 0.0314. The highest BCUT2D eigenvalue weighted by Gasteiger charge is 2.25. The smallest absolute Gasteiger partial charge is 0.257 e. The molecule has 0 aliphatic rings. The fourth-order valence-corrected chi connectivity index (χ4v) is 2.63. The molecule has 23 heavy (non-hydrogen) atoms. The van der Waals surface area contributed by atoms with Gasteiger partial charge in [0.25, 0.3) is 5.91 Å². The van der Waals surface area contributed by atoms with Gasteiger partial charge in [-0.3, -0.25) is 4.79 Å². The van der Waals surface area contributed by atoms with Gasteiger partial charge in [-0.15, -0.1) is 0 Å². The number of aromatic nitrogens is 2. The lowest BCUT2D eigenvalue weighted by Crippen LogP contribution is -2.42. The van der Waals surface area contributed by atoms with Crippen molar-refractivity contribution >= 4 is 5.91 Å². The van der Waals surface area contributed by atoms with Crippen molar-refractivity contribution in [3.05, 3.63) is 47.3 Å². The van der Waals surface area contributed by atoms with Crippen LogP contribution in [0.15, 0.2) is 30.5 Å². The maximum Gasteiger partial charge on any atom is 0.257 e. The van der Waals surface area contributed by atoms with Crippen LogP contribution in [-0.2, 0) is 0 Å². The summed E-state index contributed by atoms with van der Waals surface area (Å²) in [6.45, 7) is 10.0. The van der Waals surface area contributed by atoms with Crippen molar-refractivity contribution in [3.8, 4) is 5.69 Å². The predicted molar refractivity (Wildman–Crippen MR) is 90.9 cm³/mol. The third kappa shape index (κ3) is 3.79. The van der Waals surface area contributed by atoms with E-state index in [0.717, 1.165) is 16.9 Å². The molecule has 5 heteroatoms. The number of benzene rings is 1. The second-order valence-electron chi connectivity index (χ2n) is 6.47. The van der Waals surface area contributed by atoms with Crippen molar-refractivity contribution in [2.75, 3.05) is 13.1 Å². The number of rotatable bonds is 5. The molecule has 2 aromatic rings. The van der Waals surface area contributed by atoms with Gasteiger partial charge in [0.15, 0.2) is 0 Å². The number of nitrogens with zero attached hydrogens (tertiary/aromatic N) is 3. The van der Waals surface area contributed by atoms with Crippen LogP contribution >= 0.6 is 0 Å². The third-order valence-electron chi connectivity index (χ3n) is 3.83. The Hall–Kier alpha value is -2.14. The van der Waals surface area contributed by atoms with Gasteiger partial charge in [-0.25, -0.2) is 4.68 Å². The number of para-hydroxylation sites is 1. The summed E-state index contributed by atoms with van der Waals surface area (Å²) in [6.07, 6.45) is 1.61. The standard InChI is InChI=1S/C18H25N3O2/c1-6-20(12-18(4,5)23)17(22)15-11-19-21(14(15)3)16-10-8-7-9-13(16)2/h7-11,23H,6,12H2,1-5H3. The van der Waals surface area contributed by atoms with Crippen LogP contribution in [0.4, 0.5) is 0 Å². The zero-order chi connectivity index (χ0) is 17.2. The van der Waals surface area contributed by atoms with E-state index in [0.29, 0.717) is 12.1 Å². The molecule has 0 radical (unpaired) electrons. The van der Waals surface area contributed by atoms with Gasteiger partial charge in [-0.1, -0.05) is 18.2 Å². The van der Waals surface area contributed by atoms with E-state index in [1.54, 1.807) is 29.6 Å². The van der Waals surface area contributed by atoms with Gasteiger partial charge in [0.05, 0.1) is 28.7 Å². The summed E-state index contributed by atoms with van der Waals surface area (Å²) in [6, 6.07) is 7.94. The molecule has 1 aromatic carbocycles. The van der Waals surface area contributed by atoms with Crippen molar-refractivity contribution in [1.82, 2.24) is 14.7 Å². The number of amides is 1. The summed E-state index contributed by atoms with van der Waals surface area (Å²) in [4.78, 5) is 14.4. The molecule has 0 aliphatic heterocycles. The highest BCUT2D eigenvalue weighted by atomic mass is 16.3. The summed E-state index contributed by atoms with van der Waals surface area (Å²) in [5.41, 5.74) is 2.51. The maximum absolute atomic E-state index is 12.8. The van der Waals surface area contributed by atoms with Crippen LogP contribution in [0.25, 0.3) is 5.69 Å². The lowest BCUT2D eigenvalue weighted by Gasteiger charge is -2.28. The molecule has 0 unspecified atom stereocenters. The molecule has 0 spiro atoms. The maximum atomic E-state index is 12.8. The van der Waals surface area contributed by atoms with Crippen LogP contribution in [0.3, 0.4) is 0 Å². The molecule has 1 heterocycles.